The molecule has 1 heterocycles. The molecule has 1 aliphatic carbocycles. The van der Waals surface area contributed by atoms with Gasteiger partial charge in [0.15, 0.2) is 4.67 Å². The van der Waals surface area contributed by atoms with E-state index < -0.39 is 0 Å². The lowest BCUT2D eigenvalue weighted by molar-refractivity contribution is 0.426. The van der Waals surface area contributed by atoms with Crippen molar-refractivity contribution in [1.82, 2.24) is 4.98 Å². The number of nitrogens with zero attached hydrogens (tertiary/aromatic N) is 1. The van der Waals surface area contributed by atoms with Crippen molar-refractivity contribution < 1.29 is 4.42 Å². The van der Waals surface area contributed by atoms with Crippen LogP contribution in [0.2, 0.25) is 0 Å². The first kappa shape index (κ1) is 7.16. The van der Waals surface area contributed by atoms with Gasteiger partial charge in [0, 0.05) is 6.04 Å². The molecular formula is C7H9BrN2O. The molecule has 0 atom stereocenters. The smallest absolute Gasteiger partial charge is 0.295 e. The molecule has 2 rings (SSSR count). The van der Waals surface area contributed by atoms with Gasteiger partial charge in [0.25, 0.3) is 6.01 Å². The van der Waals surface area contributed by atoms with Crippen LogP contribution >= 0.6 is 15.9 Å². The summed E-state index contributed by atoms with van der Waals surface area (Å²) >= 11 is 3.19. The van der Waals surface area contributed by atoms with Crippen molar-refractivity contribution >= 4 is 21.9 Å². The maximum absolute atomic E-state index is 5.18. The lowest BCUT2D eigenvalue weighted by Crippen LogP contribution is -2.26. The van der Waals surface area contributed by atoms with Crippen LogP contribution in [-0.2, 0) is 0 Å². The molecule has 4 heteroatoms. The third kappa shape index (κ3) is 1.56. The standard InChI is InChI=1S/C7H9BrN2O/c8-6-4-9-7(11-6)10-5-2-1-3-5/h4-5H,1-3H2,(H,9,10). The Hall–Kier alpha value is -0.510. The second-order valence-corrected chi connectivity index (χ2v) is 3.52. The summed E-state index contributed by atoms with van der Waals surface area (Å²) in [6.45, 7) is 0. The zero-order valence-corrected chi connectivity index (χ0v) is 7.60. The Morgan fingerprint density at radius 1 is 1.64 bits per heavy atom. The first-order valence-corrected chi connectivity index (χ1v) is 4.52. The first-order chi connectivity index (χ1) is 5.34. The molecule has 1 aliphatic rings. The number of aromatic nitrogens is 1. The first-order valence-electron chi connectivity index (χ1n) is 3.72. The molecule has 11 heavy (non-hydrogen) atoms. The predicted molar refractivity (Wildman–Crippen MR) is 45.5 cm³/mol. The molecule has 0 saturated heterocycles. The van der Waals surface area contributed by atoms with Crippen molar-refractivity contribution in [2.24, 2.45) is 0 Å². The van der Waals surface area contributed by atoms with Crippen molar-refractivity contribution in [3.63, 3.8) is 0 Å². The Bertz CT molecular complexity index is 244. The highest BCUT2D eigenvalue weighted by Crippen LogP contribution is 2.23. The normalized spacial score (nSPS) is 17.9. The Morgan fingerprint density at radius 3 is 2.91 bits per heavy atom. The van der Waals surface area contributed by atoms with Crippen LogP contribution < -0.4 is 5.32 Å². The fourth-order valence-electron chi connectivity index (χ4n) is 1.05. The van der Waals surface area contributed by atoms with Gasteiger partial charge >= 0.3 is 0 Å². The number of nitrogens with one attached hydrogen (secondary N) is 1. The fraction of sp³-hybridized carbons (Fsp3) is 0.571. The largest absolute Gasteiger partial charge is 0.417 e. The van der Waals surface area contributed by atoms with Crippen LogP contribution in [0.5, 0.6) is 0 Å². The minimum absolute atomic E-state index is 0.584. The summed E-state index contributed by atoms with van der Waals surface area (Å²) in [4.78, 5) is 4.01. The number of oxazole rings is 1. The molecule has 0 aromatic carbocycles. The van der Waals surface area contributed by atoms with Gasteiger partial charge in [-0.1, -0.05) is 0 Å². The highest BCUT2D eigenvalue weighted by Gasteiger charge is 2.18. The molecule has 1 N–H and O–H groups in total. The topological polar surface area (TPSA) is 38.1 Å². The molecule has 0 unspecified atom stereocenters. The van der Waals surface area contributed by atoms with E-state index in [-0.39, 0.29) is 0 Å². The molecular weight excluding hydrogens is 208 g/mol. The summed E-state index contributed by atoms with van der Waals surface area (Å²) in [5.74, 6) is 0. The van der Waals surface area contributed by atoms with E-state index in [4.69, 9.17) is 4.42 Å². The SMILES string of the molecule is Brc1cnc(NC2CCC2)o1. The molecule has 0 spiro atoms. The highest BCUT2D eigenvalue weighted by atomic mass is 79.9. The average Bonchev–Trinajstić information content (AvgIpc) is 2.27. The van der Waals surface area contributed by atoms with E-state index in [2.05, 4.69) is 26.2 Å². The van der Waals surface area contributed by atoms with Gasteiger partial charge in [0.1, 0.15) is 0 Å². The summed E-state index contributed by atoms with van der Waals surface area (Å²) in [7, 11) is 0. The summed E-state index contributed by atoms with van der Waals surface area (Å²) in [6, 6.07) is 1.21. The zero-order chi connectivity index (χ0) is 7.68. The number of halogens is 1. The monoisotopic (exact) mass is 216 g/mol. The summed E-state index contributed by atoms with van der Waals surface area (Å²) in [5.41, 5.74) is 0. The molecule has 3 nitrogen and oxygen atoms in total. The van der Waals surface area contributed by atoms with Gasteiger partial charge in [-0.15, -0.1) is 0 Å². The van der Waals surface area contributed by atoms with Crippen LogP contribution in [0.15, 0.2) is 15.3 Å². The maximum Gasteiger partial charge on any atom is 0.295 e. The minimum Gasteiger partial charge on any atom is -0.417 e. The second kappa shape index (κ2) is 2.85. The van der Waals surface area contributed by atoms with E-state index >= 15 is 0 Å². The van der Waals surface area contributed by atoms with E-state index in [1.807, 2.05) is 0 Å². The fourth-order valence-corrected chi connectivity index (χ4v) is 1.30. The van der Waals surface area contributed by atoms with Gasteiger partial charge in [-0.3, -0.25) is 0 Å². The molecule has 1 aromatic rings. The summed E-state index contributed by atoms with van der Waals surface area (Å²) in [5, 5.41) is 3.19. The van der Waals surface area contributed by atoms with Gasteiger partial charge in [-0.25, -0.2) is 4.98 Å². The Kier molecular flexibility index (Phi) is 1.85. The van der Waals surface area contributed by atoms with Crippen LogP contribution in [0, 0.1) is 0 Å². The van der Waals surface area contributed by atoms with Gasteiger partial charge in [0.05, 0.1) is 6.20 Å². The number of anilines is 1. The third-order valence-electron chi connectivity index (χ3n) is 1.91. The second-order valence-electron chi connectivity index (χ2n) is 2.74. The average molecular weight is 217 g/mol. The van der Waals surface area contributed by atoms with Crippen LogP contribution in [0.3, 0.4) is 0 Å². The van der Waals surface area contributed by atoms with Crippen molar-refractivity contribution in [3.05, 3.63) is 10.9 Å². The summed E-state index contributed by atoms with van der Waals surface area (Å²) in [6.07, 6.45) is 5.44. The molecule has 0 bridgehead atoms. The van der Waals surface area contributed by atoms with Crippen molar-refractivity contribution in [2.45, 2.75) is 25.3 Å². The summed E-state index contributed by atoms with van der Waals surface area (Å²) < 4.78 is 5.86. The van der Waals surface area contributed by atoms with Crippen molar-refractivity contribution in [1.29, 1.82) is 0 Å². The Labute approximate surface area is 73.3 Å². The van der Waals surface area contributed by atoms with E-state index in [1.165, 1.54) is 19.3 Å². The van der Waals surface area contributed by atoms with Crippen molar-refractivity contribution in [3.8, 4) is 0 Å². The Balaban J connectivity index is 1.95. The van der Waals surface area contributed by atoms with Crippen LogP contribution in [0.1, 0.15) is 19.3 Å². The zero-order valence-electron chi connectivity index (χ0n) is 6.01. The van der Waals surface area contributed by atoms with Gasteiger partial charge in [-0.2, -0.15) is 0 Å². The molecule has 1 saturated carbocycles. The molecule has 0 radical (unpaired) electrons. The van der Waals surface area contributed by atoms with Crippen LogP contribution in [0.25, 0.3) is 0 Å². The van der Waals surface area contributed by atoms with E-state index in [0.29, 0.717) is 16.7 Å². The Morgan fingerprint density at radius 2 is 2.45 bits per heavy atom. The number of hydrogen-bond donors (Lipinski definition) is 1. The third-order valence-corrected chi connectivity index (χ3v) is 2.28. The van der Waals surface area contributed by atoms with Gasteiger partial charge in [0.2, 0.25) is 0 Å². The molecule has 0 aliphatic heterocycles. The van der Waals surface area contributed by atoms with E-state index in [0.717, 1.165) is 0 Å². The molecule has 1 aromatic heterocycles. The molecule has 60 valence electrons. The lowest BCUT2D eigenvalue weighted by atomic mass is 9.93. The number of hydrogen-bond acceptors (Lipinski definition) is 3. The van der Waals surface area contributed by atoms with Crippen LogP contribution in [-0.4, -0.2) is 11.0 Å². The highest BCUT2D eigenvalue weighted by molar-refractivity contribution is 9.10. The van der Waals surface area contributed by atoms with Gasteiger partial charge < -0.3 is 9.73 Å². The molecule has 1 fully saturated rings. The molecule has 0 amide bonds. The van der Waals surface area contributed by atoms with Crippen molar-refractivity contribution in [2.75, 3.05) is 5.32 Å². The maximum atomic E-state index is 5.18. The van der Waals surface area contributed by atoms with E-state index in [1.54, 1.807) is 6.20 Å². The number of rotatable bonds is 2. The van der Waals surface area contributed by atoms with Crippen LogP contribution in [0.4, 0.5) is 6.01 Å². The van der Waals surface area contributed by atoms with Gasteiger partial charge in [-0.05, 0) is 35.2 Å². The minimum atomic E-state index is 0.584. The predicted octanol–water partition coefficient (Wildman–Crippen LogP) is 2.40. The quantitative estimate of drug-likeness (QED) is 0.826. The van der Waals surface area contributed by atoms with E-state index in [9.17, 15) is 0 Å². The lowest BCUT2D eigenvalue weighted by Gasteiger charge is -2.25.